The van der Waals surface area contributed by atoms with Gasteiger partial charge in [0.05, 0.1) is 0 Å². The van der Waals surface area contributed by atoms with Crippen LogP contribution >= 0.6 is 11.3 Å². The Hall–Kier alpha value is -1.09. The van der Waals surface area contributed by atoms with Crippen LogP contribution in [0.2, 0.25) is 0 Å². The number of hydrogen-bond acceptors (Lipinski definition) is 2. The predicted octanol–water partition coefficient (Wildman–Crippen LogP) is 3.29. The molecular weight excluding hydrogens is 156 g/mol. The first kappa shape index (κ1) is 6.61. The van der Waals surface area contributed by atoms with Gasteiger partial charge in [-0.2, -0.15) is 0 Å². The quantitative estimate of drug-likeness (QED) is 0.587. The van der Waals surface area contributed by atoms with E-state index in [1.807, 2.05) is 19.1 Å². The van der Waals surface area contributed by atoms with Gasteiger partial charge in [-0.05, 0) is 29.2 Å². The Labute approximate surface area is 68.7 Å². The zero-order valence-corrected chi connectivity index (χ0v) is 6.90. The molecule has 3 heteroatoms. The summed E-state index contributed by atoms with van der Waals surface area (Å²) < 4.78 is 1.11. The first-order chi connectivity index (χ1) is 5.25. The van der Waals surface area contributed by atoms with Crippen LogP contribution in [0.4, 0.5) is 5.13 Å². The first-order valence-corrected chi connectivity index (χ1v) is 4.16. The van der Waals surface area contributed by atoms with E-state index < -0.39 is 0 Å². The van der Waals surface area contributed by atoms with E-state index in [0.717, 1.165) is 10.2 Å². The van der Waals surface area contributed by atoms with Gasteiger partial charge >= 0.3 is 0 Å². The number of rotatable bonds is 0. The highest BCUT2D eigenvalue weighted by molar-refractivity contribution is 7.22. The highest BCUT2D eigenvalue weighted by Gasteiger charge is 1.91. The Morgan fingerprint density at radius 3 is 3.09 bits per heavy atom. The molecule has 1 heterocycles. The number of benzene rings is 1. The molecule has 0 bridgehead atoms. The minimum absolute atomic E-state index is 0.394. The third kappa shape index (κ3) is 1.07. The molecule has 0 aliphatic rings. The van der Waals surface area contributed by atoms with Crippen LogP contribution in [0.25, 0.3) is 16.0 Å². The average molecular weight is 163 g/mol. The Morgan fingerprint density at radius 1 is 1.45 bits per heavy atom. The average Bonchev–Trinajstić information content (AvgIpc) is 2.27. The summed E-state index contributed by atoms with van der Waals surface area (Å²) in [4.78, 5) is 4.04. The Balaban J connectivity index is 2.82. The van der Waals surface area contributed by atoms with Crippen LogP contribution in [0, 0.1) is 6.92 Å². The number of aromatic nitrogens is 1. The Bertz CT molecular complexity index is 392. The van der Waals surface area contributed by atoms with Crippen molar-refractivity contribution in [1.82, 2.24) is 4.98 Å². The van der Waals surface area contributed by atoms with Crippen molar-refractivity contribution in [3.63, 3.8) is 0 Å². The van der Waals surface area contributed by atoms with Gasteiger partial charge in [0, 0.05) is 4.70 Å². The molecule has 1 N–H and O–H groups in total. The number of fused-ring (bicyclic) bond motifs is 1. The van der Waals surface area contributed by atoms with E-state index in [-0.39, 0.29) is 0 Å². The van der Waals surface area contributed by atoms with Gasteiger partial charge in [-0.15, -0.1) is 11.3 Å². The van der Waals surface area contributed by atoms with Crippen LogP contribution < -0.4 is 0 Å². The maximum absolute atomic E-state index is 7.30. The van der Waals surface area contributed by atoms with Crippen LogP contribution in [0.15, 0.2) is 18.2 Å². The molecule has 0 aliphatic carbocycles. The fourth-order valence-electron chi connectivity index (χ4n) is 1.03. The van der Waals surface area contributed by atoms with Crippen LogP contribution in [-0.4, -0.2) is 4.98 Å². The summed E-state index contributed by atoms with van der Waals surface area (Å²) >= 11 is 1.42. The molecule has 2 aromatic rings. The highest BCUT2D eigenvalue weighted by Crippen LogP contribution is 2.27. The van der Waals surface area contributed by atoms with E-state index in [1.54, 1.807) is 0 Å². The zero-order valence-electron chi connectivity index (χ0n) is 6.09. The van der Waals surface area contributed by atoms with E-state index in [4.69, 9.17) is 5.73 Å². The van der Waals surface area contributed by atoms with E-state index in [0.29, 0.717) is 5.13 Å². The minimum atomic E-state index is 0.394. The van der Waals surface area contributed by atoms with E-state index >= 15 is 0 Å². The monoisotopic (exact) mass is 163 g/mol. The fraction of sp³-hybridized carbons (Fsp3) is 0.125. The molecule has 56 valence electrons. The summed E-state index contributed by atoms with van der Waals surface area (Å²) in [6.45, 7) is 2.04. The summed E-state index contributed by atoms with van der Waals surface area (Å²) in [5.41, 5.74) is 9.46. The molecule has 0 unspecified atom stereocenters. The molecule has 11 heavy (non-hydrogen) atoms. The summed E-state index contributed by atoms with van der Waals surface area (Å²) in [6.07, 6.45) is 0. The van der Waals surface area contributed by atoms with E-state index in [1.165, 1.54) is 16.9 Å². The number of nitrogens with one attached hydrogen (secondary N) is 1. The lowest BCUT2D eigenvalue weighted by atomic mass is 10.2. The molecule has 2 rings (SSSR count). The molecule has 0 aliphatic heterocycles. The van der Waals surface area contributed by atoms with Crippen LogP contribution in [0.1, 0.15) is 5.56 Å². The fourth-order valence-corrected chi connectivity index (χ4v) is 1.85. The van der Waals surface area contributed by atoms with Crippen molar-refractivity contribution in [2.45, 2.75) is 6.92 Å². The van der Waals surface area contributed by atoms with Crippen molar-refractivity contribution in [2.24, 2.45) is 0 Å². The van der Waals surface area contributed by atoms with Crippen molar-refractivity contribution in [1.29, 1.82) is 0 Å². The molecule has 0 atom stereocenters. The smallest absolute Gasteiger partial charge is 0.0303 e. The number of hydrogen-bond donors (Lipinski definition) is 0. The normalized spacial score (nSPS) is 10.6. The summed E-state index contributed by atoms with van der Waals surface area (Å²) in [6, 6.07) is 6.03. The highest BCUT2D eigenvalue weighted by atomic mass is 32.1. The van der Waals surface area contributed by atoms with Gasteiger partial charge in [0.2, 0.25) is 0 Å². The first-order valence-electron chi connectivity index (χ1n) is 3.34. The molecule has 0 fully saturated rings. The zero-order chi connectivity index (χ0) is 7.84. The lowest BCUT2D eigenvalue weighted by molar-refractivity contribution is 1.47. The van der Waals surface area contributed by atoms with E-state index in [2.05, 4.69) is 11.1 Å². The van der Waals surface area contributed by atoms with Crippen LogP contribution in [-0.2, 0) is 0 Å². The molecule has 0 spiro atoms. The van der Waals surface area contributed by atoms with Gasteiger partial charge in [-0.3, -0.25) is 0 Å². The van der Waals surface area contributed by atoms with E-state index in [9.17, 15) is 0 Å². The number of thiazole rings is 1. The van der Waals surface area contributed by atoms with Gasteiger partial charge < -0.3 is 10.7 Å². The third-order valence-electron chi connectivity index (χ3n) is 1.54. The topological polar surface area (TPSA) is 36.7 Å². The predicted molar refractivity (Wildman–Crippen MR) is 48.3 cm³/mol. The minimum Gasteiger partial charge on any atom is -0.473 e. The van der Waals surface area contributed by atoms with Crippen molar-refractivity contribution < 1.29 is 0 Å². The largest absolute Gasteiger partial charge is 0.473 e. The second-order valence-electron chi connectivity index (χ2n) is 2.49. The molecule has 0 saturated heterocycles. The van der Waals surface area contributed by atoms with Crippen molar-refractivity contribution in [3.05, 3.63) is 29.5 Å². The van der Waals surface area contributed by atoms with Gasteiger partial charge in [0.25, 0.3) is 0 Å². The number of nitrogens with zero attached hydrogens (tertiary/aromatic N) is 1. The maximum atomic E-state index is 7.30. The summed E-state index contributed by atoms with van der Waals surface area (Å²) in [5, 5.41) is 0.394. The lowest BCUT2D eigenvalue weighted by Crippen LogP contribution is -1.69. The van der Waals surface area contributed by atoms with Gasteiger partial charge in [0.15, 0.2) is 0 Å². The molecule has 0 saturated carbocycles. The summed E-state index contributed by atoms with van der Waals surface area (Å²) in [5.74, 6) is 0. The lowest BCUT2D eigenvalue weighted by Gasteiger charge is -1.92. The molecule has 1 aromatic heterocycles. The molecule has 1 aromatic carbocycles. The maximum Gasteiger partial charge on any atom is 0.0303 e. The van der Waals surface area contributed by atoms with Crippen molar-refractivity contribution >= 4 is 26.7 Å². The Morgan fingerprint density at radius 2 is 2.27 bits per heavy atom. The molecule has 0 amide bonds. The van der Waals surface area contributed by atoms with Gasteiger partial charge in [-0.25, -0.2) is 0 Å². The third-order valence-corrected chi connectivity index (χ3v) is 2.38. The van der Waals surface area contributed by atoms with Gasteiger partial charge in [0.1, 0.15) is 0 Å². The molecule has 2 nitrogen and oxygen atoms in total. The number of aryl methyl sites for hydroxylation is 1. The van der Waals surface area contributed by atoms with Gasteiger partial charge in [-0.1, -0.05) is 12.1 Å². The SMILES string of the molecule is Cc1ccc2nc([NH-])sc2c1. The van der Waals surface area contributed by atoms with Crippen LogP contribution in [0.3, 0.4) is 0 Å². The van der Waals surface area contributed by atoms with Crippen molar-refractivity contribution in [3.8, 4) is 0 Å². The molecule has 0 radical (unpaired) electrons. The van der Waals surface area contributed by atoms with Crippen LogP contribution in [0.5, 0.6) is 0 Å². The second-order valence-corrected chi connectivity index (χ2v) is 3.52. The van der Waals surface area contributed by atoms with Crippen molar-refractivity contribution in [2.75, 3.05) is 0 Å². The second kappa shape index (κ2) is 2.20. The molecular formula is C8H7N2S-. The Kier molecular flexibility index (Phi) is 1.32. The standard InChI is InChI=1S/C8H7N2S/c1-5-2-3-6-7(4-5)11-8(9)10-6/h2-4H,1H3,(H-,9,10)/q-1. The summed E-state index contributed by atoms with van der Waals surface area (Å²) in [7, 11) is 0.